The predicted molar refractivity (Wildman–Crippen MR) is 188 cm³/mol. The minimum absolute atomic E-state index is 0.883. The number of fused-ring (bicyclic) bond motifs is 9. The maximum atomic E-state index is 6.19. The average Bonchev–Trinajstić information content (AvgIpc) is 3.64. The van der Waals surface area contributed by atoms with Crippen molar-refractivity contribution in [2.75, 3.05) is 4.90 Å². The summed E-state index contributed by atoms with van der Waals surface area (Å²) in [5, 5.41) is 11.8. The molecule has 0 aliphatic carbocycles. The van der Waals surface area contributed by atoms with Crippen molar-refractivity contribution in [3.63, 3.8) is 0 Å². The van der Waals surface area contributed by atoms with E-state index < -0.39 is 0 Å². The maximum Gasteiger partial charge on any atom is 0.135 e. The Balaban J connectivity index is 1.21. The maximum absolute atomic E-state index is 6.19. The summed E-state index contributed by atoms with van der Waals surface area (Å²) in [6.45, 7) is 0. The van der Waals surface area contributed by atoms with Crippen LogP contribution in [0.3, 0.4) is 0 Å². The van der Waals surface area contributed by atoms with Gasteiger partial charge in [-0.1, -0.05) is 66.7 Å². The highest BCUT2D eigenvalue weighted by Crippen LogP contribution is 2.42. The molecule has 3 heteroatoms. The first-order chi connectivity index (χ1) is 22.2. The summed E-state index contributed by atoms with van der Waals surface area (Å²) >= 11 is 0. The van der Waals surface area contributed by atoms with Gasteiger partial charge >= 0.3 is 0 Å². The number of nitrogens with zero attached hydrogens (tertiary/aromatic N) is 1. The highest BCUT2D eigenvalue weighted by molar-refractivity contribution is 6.09. The normalized spacial score (nSPS) is 12.0. The largest absolute Gasteiger partial charge is 0.456 e. The summed E-state index contributed by atoms with van der Waals surface area (Å²) in [7, 11) is 0. The van der Waals surface area contributed by atoms with Crippen molar-refractivity contribution in [1.82, 2.24) is 0 Å². The zero-order chi connectivity index (χ0) is 29.5. The molecule has 0 atom stereocenters. The van der Waals surface area contributed by atoms with Crippen LogP contribution >= 0.6 is 0 Å². The van der Waals surface area contributed by atoms with Crippen LogP contribution < -0.4 is 4.90 Å². The molecule has 2 aromatic heterocycles. The molecule has 0 unspecified atom stereocenters. The van der Waals surface area contributed by atoms with Crippen LogP contribution in [0, 0.1) is 0 Å². The van der Waals surface area contributed by atoms with Gasteiger partial charge in [0.05, 0.1) is 0 Å². The first-order valence-electron chi connectivity index (χ1n) is 15.2. The molecule has 2 heterocycles. The number of hydrogen-bond acceptors (Lipinski definition) is 3. The highest BCUT2D eigenvalue weighted by Gasteiger charge is 2.18. The number of benzene rings is 8. The molecule has 0 amide bonds. The summed E-state index contributed by atoms with van der Waals surface area (Å²) in [6, 6.07) is 54.0. The third kappa shape index (κ3) is 3.77. The lowest BCUT2D eigenvalue weighted by molar-refractivity contribution is 0.668. The summed E-state index contributed by atoms with van der Waals surface area (Å²) in [5.74, 6) is 0. The zero-order valence-corrected chi connectivity index (χ0v) is 24.2. The Morgan fingerprint density at radius 2 is 0.689 bits per heavy atom. The lowest BCUT2D eigenvalue weighted by Gasteiger charge is -2.26. The Bertz CT molecular complexity index is 2670. The summed E-state index contributed by atoms with van der Waals surface area (Å²) in [6.07, 6.45) is 0. The smallest absolute Gasteiger partial charge is 0.135 e. The van der Waals surface area contributed by atoms with Gasteiger partial charge in [-0.05, 0) is 117 Å². The lowest BCUT2D eigenvalue weighted by atomic mass is 9.99. The van der Waals surface area contributed by atoms with Gasteiger partial charge in [0.1, 0.15) is 22.3 Å². The summed E-state index contributed by atoms with van der Waals surface area (Å²) in [4.78, 5) is 2.34. The molecule has 3 nitrogen and oxygen atoms in total. The van der Waals surface area contributed by atoms with Gasteiger partial charge in [0.15, 0.2) is 0 Å². The monoisotopic (exact) mass is 575 g/mol. The second kappa shape index (κ2) is 9.22. The van der Waals surface area contributed by atoms with E-state index >= 15 is 0 Å². The average molecular weight is 576 g/mol. The van der Waals surface area contributed by atoms with E-state index in [1.165, 1.54) is 32.3 Å². The van der Waals surface area contributed by atoms with Crippen molar-refractivity contribution in [3.8, 4) is 0 Å². The molecule has 45 heavy (non-hydrogen) atoms. The van der Waals surface area contributed by atoms with Gasteiger partial charge in [-0.3, -0.25) is 0 Å². The van der Waals surface area contributed by atoms with Crippen molar-refractivity contribution in [2.45, 2.75) is 0 Å². The van der Waals surface area contributed by atoms with Gasteiger partial charge in [-0.25, -0.2) is 0 Å². The predicted octanol–water partition coefficient (Wildman–Crippen LogP) is 12.4. The topological polar surface area (TPSA) is 29.5 Å². The fourth-order valence-electron chi connectivity index (χ4n) is 6.97. The molecule has 0 N–H and O–H groups in total. The first-order valence-corrected chi connectivity index (χ1v) is 15.2. The molecule has 0 spiro atoms. The van der Waals surface area contributed by atoms with E-state index in [2.05, 4.69) is 132 Å². The standard InChI is InChI=1S/C42H25NO2/c1-2-8-27-20-30-22-31-23-32(14-13-28(31)21-29(30)19-26(27)7-1)43(33-15-17-41-37(24-33)35-9-3-5-11-39(35)44-41)34-16-18-42-38(25-34)36-10-4-6-12-40(36)45-42/h1-25H. The molecule has 0 saturated carbocycles. The Hall–Kier alpha value is -6.06. The van der Waals surface area contributed by atoms with Crippen LogP contribution in [0.5, 0.6) is 0 Å². The molecule has 0 radical (unpaired) electrons. The quantitative estimate of drug-likeness (QED) is 0.196. The number of rotatable bonds is 3. The molecule has 210 valence electrons. The molecule has 8 aromatic carbocycles. The summed E-state index contributed by atoms with van der Waals surface area (Å²) in [5.41, 5.74) is 6.77. The van der Waals surface area contributed by atoms with Crippen LogP contribution in [0.25, 0.3) is 76.2 Å². The van der Waals surface area contributed by atoms with Gasteiger partial charge in [0.2, 0.25) is 0 Å². The van der Waals surface area contributed by atoms with E-state index in [1.54, 1.807) is 0 Å². The molecule has 10 rings (SSSR count). The van der Waals surface area contributed by atoms with E-state index in [-0.39, 0.29) is 0 Å². The van der Waals surface area contributed by atoms with Crippen LogP contribution in [0.15, 0.2) is 160 Å². The van der Waals surface area contributed by atoms with Gasteiger partial charge in [0, 0.05) is 38.6 Å². The van der Waals surface area contributed by atoms with Gasteiger partial charge in [-0.2, -0.15) is 0 Å². The number of para-hydroxylation sites is 2. The highest BCUT2D eigenvalue weighted by atomic mass is 16.3. The molecule has 0 bridgehead atoms. The Morgan fingerprint density at radius 1 is 0.289 bits per heavy atom. The fourth-order valence-corrected chi connectivity index (χ4v) is 6.97. The molecule has 0 aliphatic rings. The number of hydrogen-bond donors (Lipinski definition) is 0. The second-order valence-electron chi connectivity index (χ2n) is 11.8. The van der Waals surface area contributed by atoms with E-state index in [4.69, 9.17) is 8.83 Å². The van der Waals surface area contributed by atoms with Crippen LogP contribution in [-0.2, 0) is 0 Å². The van der Waals surface area contributed by atoms with E-state index in [0.29, 0.717) is 0 Å². The second-order valence-corrected chi connectivity index (χ2v) is 11.8. The molecular formula is C42H25NO2. The van der Waals surface area contributed by atoms with Crippen molar-refractivity contribution >= 4 is 93.3 Å². The SMILES string of the molecule is c1ccc2cc3cc4cc(N(c5ccc6oc7ccccc7c6c5)c5ccc6oc7ccccc7c6c5)ccc4cc3cc2c1. The van der Waals surface area contributed by atoms with Crippen LogP contribution in [-0.4, -0.2) is 0 Å². The molecular weight excluding hydrogens is 550 g/mol. The van der Waals surface area contributed by atoms with E-state index in [1.807, 2.05) is 24.3 Å². The third-order valence-electron chi connectivity index (χ3n) is 9.14. The Kier molecular flexibility index (Phi) is 5.00. The van der Waals surface area contributed by atoms with Crippen molar-refractivity contribution < 1.29 is 8.83 Å². The molecule has 0 aliphatic heterocycles. The molecule has 0 fully saturated rings. The first kappa shape index (κ1) is 24.4. The summed E-state index contributed by atoms with van der Waals surface area (Å²) < 4.78 is 12.4. The van der Waals surface area contributed by atoms with Gasteiger partial charge < -0.3 is 13.7 Å². The van der Waals surface area contributed by atoms with Crippen molar-refractivity contribution in [1.29, 1.82) is 0 Å². The van der Waals surface area contributed by atoms with Crippen LogP contribution in [0.1, 0.15) is 0 Å². The Morgan fingerprint density at radius 3 is 1.27 bits per heavy atom. The van der Waals surface area contributed by atoms with E-state index in [0.717, 1.165) is 60.9 Å². The fraction of sp³-hybridized carbons (Fsp3) is 0. The van der Waals surface area contributed by atoms with Crippen molar-refractivity contribution in [3.05, 3.63) is 152 Å². The molecule has 0 saturated heterocycles. The molecule has 10 aromatic rings. The number of anilines is 3. The van der Waals surface area contributed by atoms with Gasteiger partial charge in [0.25, 0.3) is 0 Å². The van der Waals surface area contributed by atoms with Crippen molar-refractivity contribution in [2.24, 2.45) is 0 Å². The Labute approximate surface area is 258 Å². The minimum atomic E-state index is 0.883. The third-order valence-corrected chi connectivity index (χ3v) is 9.14. The van der Waals surface area contributed by atoms with Crippen LogP contribution in [0.2, 0.25) is 0 Å². The number of furan rings is 2. The minimum Gasteiger partial charge on any atom is -0.456 e. The lowest BCUT2D eigenvalue weighted by Crippen LogP contribution is -2.09. The van der Waals surface area contributed by atoms with Crippen LogP contribution in [0.4, 0.5) is 17.1 Å². The van der Waals surface area contributed by atoms with Gasteiger partial charge in [-0.15, -0.1) is 0 Å². The zero-order valence-electron chi connectivity index (χ0n) is 24.2. The van der Waals surface area contributed by atoms with E-state index in [9.17, 15) is 0 Å².